The number of rotatable bonds is 7. The highest BCUT2D eigenvalue weighted by molar-refractivity contribution is 4.54. The fourth-order valence-corrected chi connectivity index (χ4v) is 1.16. The quantitative estimate of drug-likeness (QED) is 0.555. The molecule has 0 amide bonds. The molecule has 0 saturated heterocycles. The van der Waals surface area contributed by atoms with E-state index in [4.69, 9.17) is 2.74 Å². The van der Waals surface area contributed by atoms with Crippen LogP contribution in [0.3, 0.4) is 0 Å². The minimum absolute atomic E-state index is 0.531. The SMILES string of the molecule is [3H]CCCN(CCC[3H])CCCC. The van der Waals surface area contributed by atoms with Crippen LogP contribution in [0.4, 0.5) is 0 Å². The van der Waals surface area contributed by atoms with Crippen LogP contribution in [-0.2, 0) is 0 Å². The van der Waals surface area contributed by atoms with E-state index in [0.717, 1.165) is 32.5 Å². The number of hydrogen-bond donors (Lipinski definition) is 0. The van der Waals surface area contributed by atoms with Crippen molar-refractivity contribution in [3.63, 3.8) is 0 Å². The largest absolute Gasteiger partial charge is 0.303 e. The minimum Gasteiger partial charge on any atom is -0.303 e. The Balaban J connectivity index is 3.47. The molecule has 0 aliphatic carbocycles. The summed E-state index contributed by atoms with van der Waals surface area (Å²) in [5.74, 6) is 0. The molecule has 0 aliphatic heterocycles. The van der Waals surface area contributed by atoms with E-state index in [9.17, 15) is 0 Å². The van der Waals surface area contributed by atoms with Gasteiger partial charge in [-0.2, -0.15) is 0 Å². The Morgan fingerprint density at radius 2 is 1.64 bits per heavy atom. The van der Waals surface area contributed by atoms with Gasteiger partial charge < -0.3 is 4.90 Å². The number of hydrogen-bond acceptors (Lipinski definition) is 1. The van der Waals surface area contributed by atoms with E-state index in [1.54, 1.807) is 0 Å². The fraction of sp³-hybridized carbons (Fsp3) is 1.00. The molecule has 1 nitrogen and oxygen atoms in total. The summed E-state index contributed by atoms with van der Waals surface area (Å²) in [6.45, 7) is 6.50. The van der Waals surface area contributed by atoms with Crippen molar-refractivity contribution in [2.75, 3.05) is 19.6 Å². The van der Waals surface area contributed by atoms with Gasteiger partial charge >= 0.3 is 0 Å². The lowest BCUT2D eigenvalue weighted by atomic mass is 10.3. The van der Waals surface area contributed by atoms with Gasteiger partial charge in [0.2, 0.25) is 0 Å². The van der Waals surface area contributed by atoms with Gasteiger partial charge in [0.25, 0.3) is 0 Å². The van der Waals surface area contributed by atoms with Crippen LogP contribution < -0.4 is 0 Å². The van der Waals surface area contributed by atoms with E-state index in [-0.39, 0.29) is 0 Å². The van der Waals surface area contributed by atoms with Gasteiger partial charge in [-0.15, -0.1) is 0 Å². The van der Waals surface area contributed by atoms with Gasteiger partial charge in [0.05, 0.1) is 0 Å². The van der Waals surface area contributed by atoms with Crippen molar-refractivity contribution in [2.45, 2.75) is 46.4 Å². The van der Waals surface area contributed by atoms with Crippen LogP contribution in [0.15, 0.2) is 0 Å². The van der Waals surface area contributed by atoms with Crippen LogP contribution in [0.1, 0.15) is 49.1 Å². The highest BCUT2D eigenvalue weighted by Gasteiger charge is 1.99. The lowest BCUT2D eigenvalue weighted by molar-refractivity contribution is 0.270. The van der Waals surface area contributed by atoms with E-state index in [1.165, 1.54) is 12.8 Å². The van der Waals surface area contributed by atoms with Crippen molar-refractivity contribution in [2.24, 2.45) is 0 Å². The maximum Gasteiger partial charge on any atom is 0.0231 e. The average molecular weight is 161 g/mol. The summed E-state index contributed by atoms with van der Waals surface area (Å²) in [6, 6.07) is 0. The first-order valence-electron chi connectivity index (χ1n) is 6.07. The first kappa shape index (κ1) is 7.60. The molecule has 0 aromatic heterocycles. The lowest BCUT2D eigenvalue weighted by Crippen LogP contribution is -2.26. The Kier molecular flexibility index (Phi) is 5.57. The molecule has 0 saturated carbocycles. The van der Waals surface area contributed by atoms with Gasteiger partial charge in [-0.3, -0.25) is 0 Å². The molecule has 0 unspecified atom stereocenters. The molecule has 11 heavy (non-hydrogen) atoms. The van der Waals surface area contributed by atoms with Crippen LogP contribution in [0, 0.1) is 0 Å². The molecule has 68 valence electrons. The molecule has 0 spiro atoms. The maximum atomic E-state index is 7.09. The second-order valence-electron chi connectivity index (χ2n) is 2.90. The standard InChI is InChI=1S/C10H23N/c1-4-7-10-11(8-5-2)9-6-3/h4-10H2,1-3H3/i2T,3T. The van der Waals surface area contributed by atoms with Gasteiger partial charge in [-0.05, 0) is 38.9 Å². The summed E-state index contributed by atoms with van der Waals surface area (Å²) < 4.78 is 14.2. The summed E-state index contributed by atoms with van der Waals surface area (Å²) in [4.78, 5) is 2.40. The van der Waals surface area contributed by atoms with E-state index in [0.29, 0.717) is 13.8 Å². The molecular weight excluding hydrogens is 134 g/mol. The van der Waals surface area contributed by atoms with Gasteiger partial charge in [0, 0.05) is 2.74 Å². The molecule has 0 aromatic carbocycles. The second-order valence-corrected chi connectivity index (χ2v) is 2.90. The van der Waals surface area contributed by atoms with Crippen molar-refractivity contribution in [1.82, 2.24) is 4.90 Å². The summed E-state index contributed by atoms with van der Waals surface area (Å²) in [5.41, 5.74) is 0. The molecule has 0 rings (SSSR count). The first-order chi connectivity index (χ1) is 6.35. The van der Waals surface area contributed by atoms with Crippen LogP contribution in [-0.4, -0.2) is 24.5 Å². The molecule has 1 heteroatoms. The third-order valence-corrected chi connectivity index (χ3v) is 1.78. The first-order valence-corrected chi connectivity index (χ1v) is 4.66. The zero-order valence-electron chi connectivity index (χ0n) is 9.81. The monoisotopic (exact) mass is 161 g/mol. The third-order valence-electron chi connectivity index (χ3n) is 1.78. The topological polar surface area (TPSA) is 3.24 Å². The van der Waals surface area contributed by atoms with Crippen molar-refractivity contribution in [3.05, 3.63) is 0 Å². The van der Waals surface area contributed by atoms with Crippen LogP contribution in [0.5, 0.6) is 0 Å². The Bertz CT molecular complexity index is 79.9. The molecule has 0 aromatic rings. The summed E-state index contributed by atoms with van der Waals surface area (Å²) in [6.07, 6.45) is 4.43. The lowest BCUT2D eigenvalue weighted by Gasteiger charge is -2.20. The maximum absolute atomic E-state index is 7.09. The van der Waals surface area contributed by atoms with E-state index >= 15 is 0 Å². The summed E-state index contributed by atoms with van der Waals surface area (Å²) in [7, 11) is 0. The Labute approximate surface area is 74.6 Å². The zero-order valence-corrected chi connectivity index (χ0v) is 7.81. The molecular formula is C10H23N. The molecule has 0 bridgehead atoms. The van der Waals surface area contributed by atoms with Gasteiger partial charge in [0.15, 0.2) is 0 Å². The molecule has 0 radical (unpaired) electrons. The van der Waals surface area contributed by atoms with E-state index in [2.05, 4.69) is 11.8 Å². The van der Waals surface area contributed by atoms with Gasteiger partial charge in [-0.25, -0.2) is 0 Å². The molecule has 0 atom stereocenters. The van der Waals surface area contributed by atoms with Crippen LogP contribution >= 0.6 is 0 Å². The van der Waals surface area contributed by atoms with Crippen LogP contribution in [0.2, 0.25) is 0 Å². The predicted octanol–water partition coefficient (Wildman–Crippen LogP) is 2.91. The average Bonchev–Trinajstić information content (AvgIpc) is 2.17. The Morgan fingerprint density at radius 3 is 2.09 bits per heavy atom. The third kappa shape index (κ3) is 6.36. The second kappa shape index (κ2) is 8.06. The van der Waals surface area contributed by atoms with E-state index < -0.39 is 0 Å². The van der Waals surface area contributed by atoms with Crippen LogP contribution in [0.25, 0.3) is 0 Å². The number of unbranched alkanes of at least 4 members (excludes halogenated alkanes) is 1. The fourth-order valence-electron chi connectivity index (χ4n) is 1.16. The highest BCUT2D eigenvalue weighted by atomic mass is 15.1. The smallest absolute Gasteiger partial charge is 0.0231 e. The minimum atomic E-state index is 0.531. The summed E-state index contributed by atoms with van der Waals surface area (Å²) in [5, 5.41) is 0. The van der Waals surface area contributed by atoms with Crippen molar-refractivity contribution < 1.29 is 2.74 Å². The predicted molar refractivity (Wildman–Crippen MR) is 51.9 cm³/mol. The molecule has 0 aliphatic rings. The molecule has 0 heterocycles. The van der Waals surface area contributed by atoms with Gasteiger partial charge in [0.1, 0.15) is 0 Å². The van der Waals surface area contributed by atoms with E-state index in [1.807, 2.05) is 0 Å². The van der Waals surface area contributed by atoms with Gasteiger partial charge in [-0.1, -0.05) is 27.1 Å². The van der Waals surface area contributed by atoms with Crippen molar-refractivity contribution in [3.8, 4) is 0 Å². The highest BCUT2D eigenvalue weighted by Crippen LogP contribution is 1.97. The molecule has 0 N–H and O–H groups in total. The molecule has 0 fully saturated rings. The Morgan fingerprint density at radius 1 is 1.00 bits per heavy atom. The summed E-state index contributed by atoms with van der Waals surface area (Å²) >= 11 is 0. The van der Waals surface area contributed by atoms with Crippen molar-refractivity contribution in [1.29, 1.82) is 0 Å². The van der Waals surface area contributed by atoms with Crippen molar-refractivity contribution >= 4 is 0 Å². The zero-order chi connectivity index (χ0) is 9.94. The normalized spacial score (nSPS) is 13.3. The number of nitrogens with zero attached hydrogens (tertiary/aromatic N) is 1. The Hall–Kier alpha value is -0.0400.